The average Bonchev–Trinajstić information content (AvgIpc) is 3.71. The smallest absolute Gasteiger partial charge is 0.264 e. The number of rotatable bonds is 12. The van der Waals surface area contributed by atoms with E-state index in [-0.39, 0.29) is 53.7 Å². The first kappa shape index (κ1) is 44.6. The van der Waals surface area contributed by atoms with Crippen LogP contribution < -0.4 is 35.5 Å². The van der Waals surface area contributed by atoms with E-state index >= 15 is 0 Å². The number of nitrogens with zero attached hydrogens (tertiary/aromatic N) is 4. The topological polar surface area (TPSA) is 240 Å². The maximum Gasteiger partial charge on any atom is 0.264 e. The lowest BCUT2D eigenvalue weighted by Crippen LogP contribution is -2.58. The molecule has 2 saturated carbocycles. The molecule has 4 aliphatic rings. The summed E-state index contributed by atoms with van der Waals surface area (Å²) in [6.07, 6.45) is 11.5. The fraction of sp³-hybridized carbons (Fsp3) is 0.455. The number of nitrogens with one attached hydrogen (secondary N) is 5. The highest BCUT2D eigenvalue weighted by atomic mass is 32.2. The minimum atomic E-state index is -4.41. The molecular formula is C44H51N9O9S2. The van der Waals surface area contributed by atoms with E-state index in [9.17, 15) is 32.4 Å². The van der Waals surface area contributed by atoms with Crippen molar-refractivity contribution in [3.63, 3.8) is 0 Å². The lowest BCUT2D eigenvalue weighted by Gasteiger charge is -2.31. The third-order valence-corrected chi connectivity index (χ3v) is 14.3. The lowest BCUT2D eigenvalue weighted by atomic mass is 10.0. The van der Waals surface area contributed by atoms with Crippen LogP contribution in [0.25, 0.3) is 22.4 Å². The minimum Gasteiger partial charge on any atom is -0.497 e. The molecule has 3 fully saturated rings. The maximum atomic E-state index is 14.9. The van der Waals surface area contributed by atoms with Gasteiger partial charge in [0.15, 0.2) is 10.8 Å². The number of thiazole rings is 1. The first-order valence-electron chi connectivity index (χ1n) is 21.5. The van der Waals surface area contributed by atoms with Gasteiger partial charge in [-0.1, -0.05) is 37.8 Å². The van der Waals surface area contributed by atoms with Crippen molar-refractivity contribution in [2.75, 3.05) is 24.3 Å². The normalized spacial score (nSPS) is 24.6. The van der Waals surface area contributed by atoms with E-state index in [0.29, 0.717) is 52.5 Å². The van der Waals surface area contributed by atoms with Crippen molar-refractivity contribution in [2.24, 2.45) is 5.92 Å². The lowest BCUT2D eigenvalue weighted by molar-refractivity contribution is -0.141. The van der Waals surface area contributed by atoms with Crippen LogP contribution in [0.3, 0.4) is 0 Å². The number of aromatic nitrogens is 3. The molecule has 2 aliphatic heterocycles. The zero-order valence-corrected chi connectivity index (χ0v) is 37.1. The predicted molar refractivity (Wildman–Crippen MR) is 238 cm³/mol. The molecule has 5 N–H and O–H groups in total. The summed E-state index contributed by atoms with van der Waals surface area (Å²) in [6, 6.07) is 9.05. The highest BCUT2D eigenvalue weighted by molar-refractivity contribution is 7.90. The number of carbonyl (C=O) groups excluding carboxylic acids is 5. The summed E-state index contributed by atoms with van der Waals surface area (Å²) in [6.45, 7) is 1.33. The Morgan fingerprint density at radius 1 is 0.984 bits per heavy atom. The van der Waals surface area contributed by atoms with Crippen LogP contribution in [0.1, 0.15) is 77.6 Å². The second-order valence-electron chi connectivity index (χ2n) is 16.7. The Morgan fingerprint density at radius 3 is 2.52 bits per heavy atom. The molecule has 1 unspecified atom stereocenters. The minimum absolute atomic E-state index is 0.00254. The molecule has 0 bridgehead atoms. The van der Waals surface area contributed by atoms with Gasteiger partial charge in [0.25, 0.3) is 15.9 Å². The van der Waals surface area contributed by atoms with Gasteiger partial charge in [0.2, 0.25) is 30.0 Å². The van der Waals surface area contributed by atoms with Crippen LogP contribution in [-0.2, 0) is 34.0 Å². The SMILES string of the molecule is COc1ccc2nc(-c3csc(NC=O)n3)c(O[C@@H]3C[C@H]4C(=O)N[C@]5(C(=O)NS(=O)(=O)c6ccc(NC(C)=O)cc6)CC5/C=C\CCCCC[C@H](NC5CCCC5)C(=O)N4C3)nc2c1. The van der Waals surface area contributed by atoms with Crippen LogP contribution in [0.5, 0.6) is 11.6 Å². The van der Waals surface area contributed by atoms with Crippen LogP contribution in [-0.4, -0.2) is 102 Å². The number of anilines is 2. The number of amides is 5. The molecule has 18 nitrogen and oxygen atoms in total. The molecule has 8 rings (SSSR count). The molecule has 2 aromatic carbocycles. The van der Waals surface area contributed by atoms with Gasteiger partial charge >= 0.3 is 0 Å². The number of sulfonamides is 1. The fourth-order valence-corrected chi connectivity index (χ4v) is 10.5. The second-order valence-corrected chi connectivity index (χ2v) is 19.2. The van der Waals surface area contributed by atoms with Gasteiger partial charge in [0, 0.05) is 42.4 Å². The number of benzene rings is 2. The molecule has 1 saturated heterocycles. The Labute approximate surface area is 374 Å². The molecule has 2 aliphatic carbocycles. The standard InChI is InChI=1S/C44H51N9O9S2/c1-26(55)46-29-14-17-32(18-15-29)64(59,60)52-42(58)44-22-27(44)10-6-4-3-5-7-13-34(47-28-11-8-9-12-28)41(57)53-23-31(21-37(53)39(56)51-44)62-40-38(36-24-63-43(50-36)45-25-54)48-33-19-16-30(61-2)20-35(33)49-40/h6,10,14-20,24-25,27-28,31,34,37,47H,3-5,7-9,11-13,21-23H2,1-2H3,(H,46,55)(H,51,56)(H,52,58)(H,45,50,54)/b10-6-/t27?,31-,34+,37+,44-/m1/s1. The van der Waals surface area contributed by atoms with Crippen LogP contribution >= 0.6 is 11.3 Å². The van der Waals surface area contributed by atoms with E-state index in [4.69, 9.17) is 19.4 Å². The quantitative estimate of drug-likeness (QED) is 0.0978. The Morgan fingerprint density at radius 2 is 1.77 bits per heavy atom. The zero-order chi connectivity index (χ0) is 45.0. The number of fused-ring (bicyclic) bond motifs is 3. The summed E-state index contributed by atoms with van der Waals surface area (Å²) in [5.74, 6) is -2.02. The van der Waals surface area contributed by atoms with E-state index in [1.54, 1.807) is 23.6 Å². The van der Waals surface area contributed by atoms with Crippen molar-refractivity contribution < 1.29 is 41.9 Å². The Kier molecular flexibility index (Phi) is 13.2. The first-order valence-corrected chi connectivity index (χ1v) is 23.9. The largest absolute Gasteiger partial charge is 0.497 e. The van der Waals surface area contributed by atoms with E-state index in [2.05, 4.69) is 31.0 Å². The Bertz CT molecular complexity index is 2560. The monoisotopic (exact) mass is 913 g/mol. The van der Waals surface area contributed by atoms with Gasteiger partial charge in [-0.25, -0.2) is 28.1 Å². The summed E-state index contributed by atoms with van der Waals surface area (Å²) in [5.41, 5.74) is 0.405. The number of hydrogen-bond acceptors (Lipinski definition) is 14. The molecular weight excluding hydrogens is 863 g/mol. The van der Waals surface area contributed by atoms with Gasteiger partial charge in [-0.3, -0.25) is 24.0 Å². The molecule has 4 heterocycles. The molecule has 338 valence electrons. The third-order valence-electron chi connectivity index (χ3n) is 12.2. The predicted octanol–water partition coefficient (Wildman–Crippen LogP) is 4.44. The van der Waals surface area contributed by atoms with Crippen molar-refractivity contribution >= 4 is 73.3 Å². The van der Waals surface area contributed by atoms with Gasteiger partial charge in [0.05, 0.1) is 35.6 Å². The van der Waals surface area contributed by atoms with Crippen molar-refractivity contribution in [1.82, 2.24) is 35.2 Å². The number of ether oxygens (including phenoxy) is 2. The number of methoxy groups -OCH3 is 1. The fourth-order valence-electron chi connectivity index (χ4n) is 8.81. The maximum absolute atomic E-state index is 14.9. The number of allylic oxidation sites excluding steroid dienone is 1. The second kappa shape index (κ2) is 19.0. The Balaban J connectivity index is 1.11. The van der Waals surface area contributed by atoms with E-state index in [1.807, 2.05) is 12.2 Å². The van der Waals surface area contributed by atoms with E-state index in [1.165, 1.54) is 54.5 Å². The molecule has 64 heavy (non-hydrogen) atoms. The molecule has 20 heteroatoms. The molecule has 5 amide bonds. The summed E-state index contributed by atoms with van der Waals surface area (Å²) in [4.78, 5) is 82.1. The summed E-state index contributed by atoms with van der Waals surface area (Å²) in [7, 11) is -2.88. The summed E-state index contributed by atoms with van der Waals surface area (Å²) in [5, 5.41) is 13.7. The Hall–Kier alpha value is -5.99. The molecule has 5 atom stereocenters. The van der Waals surface area contributed by atoms with E-state index in [0.717, 1.165) is 44.9 Å². The highest BCUT2D eigenvalue weighted by Crippen LogP contribution is 2.46. The first-order chi connectivity index (χ1) is 30.8. The van der Waals surface area contributed by atoms with Gasteiger partial charge in [-0.15, -0.1) is 11.3 Å². The van der Waals surface area contributed by atoms with Crippen molar-refractivity contribution in [3.8, 4) is 23.0 Å². The highest BCUT2D eigenvalue weighted by Gasteiger charge is 2.61. The molecule has 0 radical (unpaired) electrons. The van der Waals surface area contributed by atoms with Crippen LogP contribution in [0.15, 0.2) is 64.9 Å². The van der Waals surface area contributed by atoms with Crippen LogP contribution in [0, 0.1) is 5.92 Å². The summed E-state index contributed by atoms with van der Waals surface area (Å²) < 4.78 is 41.5. The zero-order valence-electron chi connectivity index (χ0n) is 35.5. The van der Waals surface area contributed by atoms with Crippen molar-refractivity contribution in [2.45, 2.75) is 112 Å². The molecule has 4 aromatic rings. The number of hydrogen-bond donors (Lipinski definition) is 5. The number of carbonyl (C=O) groups is 5. The molecule has 0 spiro atoms. The van der Waals surface area contributed by atoms with E-state index < -0.39 is 51.5 Å². The van der Waals surface area contributed by atoms with Crippen molar-refractivity contribution in [3.05, 3.63) is 60.0 Å². The van der Waals surface area contributed by atoms with Gasteiger partial charge in [0.1, 0.15) is 29.1 Å². The van der Waals surface area contributed by atoms with Crippen LogP contribution in [0.2, 0.25) is 0 Å². The van der Waals surface area contributed by atoms with Crippen molar-refractivity contribution in [1.29, 1.82) is 0 Å². The van der Waals surface area contributed by atoms with Gasteiger partial charge in [-0.2, -0.15) is 0 Å². The molecule has 2 aromatic heterocycles. The van der Waals surface area contributed by atoms with Gasteiger partial charge in [-0.05, 0) is 74.9 Å². The third kappa shape index (κ3) is 9.88. The van der Waals surface area contributed by atoms with Crippen LogP contribution in [0.4, 0.5) is 10.8 Å². The van der Waals surface area contributed by atoms with Gasteiger partial charge < -0.3 is 35.6 Å². The average molecular weight is 914 g/mol. The summed E-state index contributed by atoms with van der Waals surface area (Å²) >= 11 is 1.19.